The maximum atomic E-state index is 12.9. The van der Waals surface area contributed by atoms with Crippen LogP contribution in [-0.4, -0.2) is 67.1 Å². The van der Waals surface area contributed by atoms with E-state index in [4.69, 9.17) is 0 Å². The van der Waals surface area contributed by atoms with Crippen molar-refractivity contribution in [3.63, 3.8) is 0 Å². The Bertz CT molecular complexity index is 825. The first-order valence-corrected chi connectivity index (χ1v) is 8.90. The van der Waals surface area contributed by atoms with E-state index in [9.17, 15) is 4.79 Å². The SMILES string of the molecule is O=C(c1sccc1-n1cnnn1)N1CCN(Cc2ccncc2)CC1. The number of nitrogens with zero attached hydrogens (tertiary/aromatic N) is 7. The minimum atomic E-state index is 0.0454. The van der Waals surface area contributed by atoms with Gasteiger partial charge in [0.1, 0.15) is 11.2 Å². The minimum absolute atomic E-state index is 0.0454. The van der Waals surface area contributed by atoms with Gasteiger partial charge in [-0.05, 0) is 39.6 Å². The Labute approximate surface area is 148 Å². The van der Waals surface area contributed by atoms with Gasteiger partial charge in [0.05, 0.1) is 5.69 Å². The fourth-order valence-electron chi connectivity index (χ4n) is 2.91. The summed E-state index contributed by atoms with van der Waals surface area (Å²) in [6.45, 7) is 4.05. The Hall–Kier alpha value is -2.65. The van der Waals surface area contributed by atoms with Crippen molar-refractivity contribution in [2.75, 3.05) is 26.2 Å². The predicted octanol–water partition coefficient (Wildman–Crippen LogP) is 1.08. The Morgan fingerprint density at radius 2 is 1.92 bits per heavy atom. The molecule has 1 amide bonds. The largest absolute Gasteiger partial charge is 0.335 e. The van der Waals surface area contributed by atoms with Gasteiger partial charge in [-0.25, -0.2) is 0 Å². The van der Waals surface area contributed by atoms with Gasteiger partial charge in [-0.1, -0.05) is 0 Å². The van der Waals surface area contributed by atoms with Crippen molar-refractivity contribution in [1.29, 1.82) is 0 Å². The molecule has 9 heteroatoms. The molecule has 3 aromatic rings. The Morgan fingerprint density at radius 3 is 2.64 bits per heavy atom. The number of carbonyl (C=O) groups excluding carboxylic acids is 1. The lowest BCUT2D eigenvalue weighted by Crippen LogP contribution is -2.48. The average Bonchev–Trinajstić information content (AvgIpc) is 3.34. The number of tetrazole rings is 1. The van der Waals surface area contributed by atoms with E-state index in [1.807, 2.05) is 40.9 Å². The monoisotopic (exact) mass is 355 g/mol. The quantitative estimate of drug-likeness (QED) is 0.697. The molecule has 1 saturated heterocycles. The fourth-order valence-corrected chi connectivity index (χ4v) is 3.76. The molecule has 3 aromatic heterocycles. The Balaban J connectivity index is 1.40. The summed E-state index contributed by atoms with van der Waals surface area (Å²) in [4.78, 5) is 21.9. The molecular formula is C16H17N7OS. The van der Waals surface area contributed by atoms with E-state index >= 15 is 0 Å². The van der Waals surface area contributed by atoms with Crippen molar-refractivity contribution in [2.24, 2.45) is 0 Å². The first kappa shape index (κ1) is 15.9. The predicted molar refractivity (Wildman–Crippen MR) is 92.4 cm³/mol. The van der Waals surface area contributed by atoms with Gasteiger partial charge < -0.3 is 4.90 Å². The van der Waals surface area contributed by atoms with Crippen LogP contribution in [0.1, 0.15) is 15.2 Å². The summed E-state index contributed by atoms with van der Waals surface area (Å²) in [5, 5.41) is 13.1. The van der Waals surface area contributed by atoms with Crippen LogP contribution in [0.25, 0.3) is 5.69 Å². The normalized spacial score (nSPS) is 15.4. The van der Waals surface area contributed by atoms with Crippen molar-refractivity contribution < 1.29 is 4.79 Å². The van der Waals surface area contributed by atoms with E-state index in [1.165, 1.54) is 27.9 Å². The average molecular weight is 355 g/mol. The van der Waals surface area contributed by atoms with E-state index in [0.29, 0.717) is 4.88 Å². The standard InChI is InChI=1S/C16H17N7OS/c24-16(15-14(3-10-25-15)23-12-18-19-20-23)22-8-6-21(7-9-22)11-13-1-4-17-5-2-13/h1-5,10,12H,6-9,11H2. The number of hydrogen-bond acceptors (Lipinski definition) is 7. The second-order valence-corrected chi connectivity index (χ2v) is 6.73. The molecule has 0 bridgehead atoms. The summed E-state index contributed by atoms with van der Waals surface area (Å²) >= 11 is 1.42. The number of hydrogen-bond donors (Lipinski definition) is 0. The van der Waals surface area contributed by atoms with Gasteiger partial charge in [-0.15, -0.1) is 16.4 Å². The molecule has 0 aromatic carbocycles. The molecule has 1 fully saturated rings. The molecule has 1 aliphatic rings. The molecule has 25 heavy (non-hydrogen) atoms. The number of thiophene rings is 1. The van der Waals surface area contributed by atoms with E-state index in [-0.39, 0.29) is 5.91 Å². The number of amides is 1. The van der Waals surface area contributed by atoms with Crippen LogP contribution in [0.2, 0.25) is 0 Å². The first-order valence-electron chi connectivity index (χ1n) is 8.02. The summed E-state index contributed by atoms with van der Waals surface area (Å²) in [5.74, 6) is 0.0454. The summed E-state index contributed by atoms with van der Waals surface area (Å²) in [6.07, 6.45) is 5.13. The summed E-state index contributed by atoms with van der Waals surface area (Å²) < 4.78 is 1.53. The number of piperazine rings is 1. The van der Waals surface area contributed by atoms with Gasteiger partial charge >= 0.3 is 0 Å². The molecule has 1 aliphatic heterocycles. The van der Waals surface area contributed by atoms with Crippen LogP contribution in [0.5, 0.6) is 0 Å². The van der Waals surface area contributed by atoms with Crippen LogP contribution >= 0.6 is 11.3 Å². The molecule has 0 unspecified atom stereocenters. The molecule has 4 heterocycles. The number of rotatable bonds is 4. The number of carbonyl (C=O) groups is 1. The molecule has 0 N–H and O–H groups in total. The molecule has 0 radical (unpaired) electrons. The van der Waals surface area contributed by atoms with Crippen LogP contribution in [0.3, 0.4) is 0 Å². The zero-order valence-corrected chi connectivity index (χ0v) is 14.3. The highest BCUT2D eigenvalue weighted by molar-refractivity contribution is 7.12. The summed E-state index contributed by atoms with van der Waals surface area (Å²) in [7, 11) is 0. The minimum Gasteiger partial charge on any atom is -0.335 e. The molecule has 0 aliphatic carbocycles. The van der Waals surface area contributed by atoms with Crippen molar-refractivity contribution >= 4 is 17.2 Å². The molecule has 4 rings (SSSR count). The van der Waals surface area contributed by atoms with E-state index < -0.39 is 0 Å². The topological polar surface area (TPSA) is 80.0 Å². The molecule has 128 valence electrons. The lowest BCUT2D eigenvalue weighted by molar-refractivity contribution is 0.0633. The molecule has 8 nitrogen and oxygen atoms in total. The number of pyridine rings is 1. The highest BCUT2D eigenvalue weighted by Gasteiger charge is 2.25. The summed E-state index contributed by atoms with van der Waals surface area (Å²) in [6, 6.07) is 5.93. The maximum absolute atomic E-state index is 12.9. The highest BCUT2D eigenvalue weighted by Crippen LogP contribution is 2.22. The lowest BCUT2D eigenvalue weighted by atomic mass is 10.2. The van der Waals surface area contributed by atoms with Crippen molar-refractivity contribution in [2.45, 2.75) is 6.54 Å². The van der Waals surface area contributed by atoms with Gasteiger partial charge in [-0.2, -0.15) is 4.68 Å². The fraction of sp³-hybridized carbons (Fsp3) is 0.312. The van der Waals surface area contributed by atoms with Crippen LogP contribution in [-0.2, 0) is 6.54 Å². The van der Waals surface area contributed by atoms with Crippen LogP contribution in [0.15, 0.2) is 42.3 Å². The second kappa shape index (κ2) is 7.08. The van der Waals surface area contributed by atoms with Gasteiger partial charge in [0, 0.05) is 45.1 Å². The van der Waals surface area contributed by atoms with Crippen LogP contribution < -0.4 is 0 Å². The smallest absolute Gasteiger partial charge is 0.266 e. The molecule has 0 spiro atoms. The lowest BCUT2D eigenvalue weighted by Gasteiger charge is -2.34. The van der Waals surface area contributed by atoms with Crippen molar-refractivity contribution in [1.82, 2.24) is 35.0 Å². The maximum Gasteiger partial charge on any atom is 0.266 e. The third-order valence-electron chi connectivity index (χ3n) is 4.25. The second-order valence-electron chi connectivity index (χ2n) is 5.81. The molecule has 0 atom stereocenters. The Morgan fingerprint density at radius 1 is 1.12 bits per heavy atom. The zero-order valence-electron chi connectivity index (χ0n) is 13.5. The van der Waals surface area contributed by atoms with Gasteiger partial charge in [-0.3, -0.25) is 14.7 Å². The van der Waals surface area contributed by atoms with E-state index in [2.05, 4.69) is 25.4 Å². The van der Waals surface area contributed by atoms with Gasteiger partial charge in [0.25, 0.3) is 5.91 Å². The third kappa shape index (κ3) is 3.42. The molecular weight excluding hydrogens is 338 g/mol. The van der Waals surface area contributed by atoms with Crippen molar-refractivity contribution in [3.05, 3.63) is 52.7 Å². The zero-order chi connectivity index (χ0) is 17.1. The van der Waals surface area contributed by atoms with E-state index in [1.54, 1.807) is 0 Å². The highest BCUT2D eigenvalue weighted by atomic mass is 32.1. The third-order valence-corrected chi connectivity index (χ3v) is 5.14. The van der Waals surface area contributed by atoms with E-state index in [0.717, 1.165) is 38.4 Å². The number of aromatic nitrogens is 5. The Kier molecular flexibility index (Phi) is 4.49. The van der Waals surface area contributed by atoms with Crippen molar-refractivity contribution in [3.8, 4) is 5.69 Å². The van der Waals surface area contributed by atoms with Crippen LogP contribution in [0, 0.1) is 0 Å². The first-order chi connectivity index (χ1) is 12.3. The summed E-state index contributed by atoms with van der Waals surface area (Å²) in [5.41, 5.74) is 1.98. The van der Waals surface area contributed by atoms with Crippen LogP contribution in [0.4, 0.5) is 0 Å². The molecule has 0 saturated carbocycles. The van der Waals surface area contributed by atoms with Gasteiger partial charge in [0.2, 0.25) is 0 Å². The van der Waals surface area contributed by atoms with Gasteiger partial charge in [0.15, 0.2) is 0 Å².